The molecule has 0 radical (unpaired) electrons. The minimum atomic E-state index is -1.10. The van der Waals surface area contributed by atoms with E-state index in [-0.39, 0.29) is 11.5 Å². The first-order chi connectivity index (χ1) is 16.4. The van der Waals surface area contributed by atoms with Gasteiger partial charge >= 0.3 is 5.97 Å². The summed E-state index contributed by atoms with van der Waals surface area (Å²) < 4.78 is 31.8. The van der Waals surface area contributed by atoms with Gasteiger partial charge < -0.3 is 10.1 Å². The van der Waals surface area contributed by atoms with Gasteiger partial charge in [-0.2, -0.15) is 0 Å². The second kappa shape index (κ2) is 18.4. The Kier molecular flexibility index (Phi) is 16.2. The van der Waals surface area contributed by atoms with Gasteiger partial charge in [-0.1, -0.05) is 104 Å². The molecule has 34 heavy (non-hydrogen) atoms. The third-order valence-corrected chi connectivity index (χ3v) is 6.13. The number of esters is 1. The summed E-state index contributed by atoms with van der Waals surface area (Å²) in [6, 6.07) is 2.06. The molecule has 0 aromatic heterocycles. The molecule has 1 amide bonds. The third kappa shape index (κ3) is 13.0. The first kappa shape index (κ1) is 30.1. The molecule has 1 N–H and O–H groups in total. The highest BCUT2D eigenvalue weighted by Gasteiger charge is 2.26. The number of halogens is 2. The number of amides is 1. The zero-order valence-electron chi connectivity index (χ0n) is 21.5. The van der Waals surface area contributed by atoms with Crippen LogP contribution in [-0.2, 0) is 9.53 Å². The van der Waals surface area contributed by atoms with Crippen molar-refractivity contribution in [1.29, 1.82) is 0 Å². The van der Waals surface area contributed by atoms with E-state index in [0.29, 0.717) is 6.61 Å². The first-order valence-corrected chi connectivity index (χ1v) is 13.3. The van der Waals surface area contributed by atoms with Crippen molar-refractivity contribution in [2.24, 2.45) is 5.92 Å². The Hall–Kier alpha value is -1.98. The highest BCUT2D eigenvalue weighted by Crippen LogP contribution is 2.14. The number of benzene rings is 1. The Morgan fingerprint density at radius 2 is 1.29 bits per heavy atom. The van der Waals surface area contributed by atoms with E-state index >= 15 is 0 Å². The summed E-state index contributed by atoms with van der Waals surface area (Å²) in [6.45, 7) is 6.16. The highest BCUT2D eigenvalue weighted by atomic mass is 19.2. The van der Waals surface area contributed by atoms with Gasteiger partial charge in [-0.15, -0.1) is 0 Å². The number of carbonyl (C=O) groups is 2. The lowest BCUT2D eigenvalue weighted by atomic mass is 10.0. The van der Waals surface area contributed by atoms with Crippen molar-refractivity contribution in [3.8, 4) is 0 Å². The molecular weight excluding hydrogens is 436 g/mol. The first-order valence-electron chi connectivity index (χ1n) is 13.3. The van der Waals surface area contributed by atoms with Crippen LogP contribution in [0.25, 0.3) is 0 Å². The van der Waals surface area contributed by atoms with Crippen molar-refractivity contribution >= 4 is 11.9 Å². The van der Waals surface area contributed by atoms with Crippen LogP contribution < -0.4 is 5.32 Å². The maximum atomic E-state index is 13.4. The minimum Gasteiger partial charge on any atom is -0.464 e. The number of hydrogen-bond acceptors (Lipinski definition) is 3. The molecule has 0 heterocycles. The summed E-state index contributed by atoms with van der Waals surface area (Å²) in [5, 5.41) is 2.58. The van der Waals surface area contributed by atoms with Crippen LogP contribution in [0, 0.1) is 17.6 Å². The average molecular weight is 482 g/mol. The van der Waals surface area contributed by atoms with E-state index in [1.54, 1.807) is 13.8 Å². The van der Waals surface area contributed by atoms with Crippen LogP contribution in [0.3, 0.4) is 0 Å². The summed E-state index contributed by atoms with van der Waals surface area (Å²) in [5.41, 5.74) is -0.0377. The van der Waals surface area contributed by atoms with E-state index in [9.17, 15) is 18.4 Å². The summed E-state index contributed by atoms with van der Waals surface area (Å²) >= 11 is 0. The molecule has 1 unspecified atom stereocenters. The Labute approximate surface area is 205 Å². The Balaban J connectivity index is 2.12. The van der Waals surface area contributed by atoms with Gasteiger partial charge in [0.2, 0.25) is 0 Å². The van der Waals surface area contributed by atoms with E-state index < -0.39 is 29.6 Å². The molecule has 0 saturated heterocycles. The second-order valence-corrected chi connectivity index (χ2v) is 9.59. The average Bonchev–Trinajstić information content (AvgIpc) is 2.81. The van der Waals surface area contributed by atoms with Crippen molar-refractivity contribution in [2.75, 3.05) is 6.61 Å². The zero-order chi connectivity index (χ0) is 25.2. The van der Waals surface area contributed by atoms with E-state index in [4.69, 9.17) is 4.74 Å². The van der Waals surface area contributed by atoms with E-state index in [0.717, 1.165) is 31.4 Å². The van der Waals surface area contributed by atoms with E-state index in [1.807, 2.05) is 0 Å². The molecule has 0 aliphatic heterocycles. The highest BCUT2D eigenvalue weighted by molar-refractivity contribution is 5.96. The van der Waals surface area contributed by atoms with Crippen molar-refractivity contribution in [3.63, 3.8) is 0 Å². The molecule has 0 bridgehead atoms. The lowest BCUT2D eigenvalue weighted by Crippen LogP contribution is -2.45. The molecule has 6 heteroatoms. The monoisotopic (exact) mass is 481 g/mol. The predicted octanol–water partition coefficient (Wildman–Crippen LogP) is 7.74. The fourth-order valence-corrected chi connectivity index (χ4v) is 3.92. The molecule has 0 saturated carbocycles. The maximum absolute atomic E-state index is 13.4. The van der Waals surface area contributed by atoms with Crippen LogP contribution in [0.5, 0.6) is 0 Å². The molecule has 0 aliphatic rings. The number of hydrogen-bond donors (Lipinski definition) is 1. The van der Waals surface area contributed by atoms with Gasteiger partial charge in [-0.3, -0.25) is 4.79 Å². The van der Waals surface area contributed by atoms with Crippen LogP contribution in [-0.4, -0.2) is 24.5 Å². The smallest absolute Gasteiger partial charge is 0.328 e. The van der Waals surface area contributed by atoms with Gasteiger partial charge in [0.15, 0.2) is 11.6 Å². The van der Waals surface area contributed by atoms with Crippen molar-refractivity contribution < 1.29 is 23.1 Å². The molecule has 0 fully saturated rings. The van der Waals surface area contributed by atoms with Crippen LogP contribution in [0.4, 0.5) is 8.78 Å². The SMILES string of the molecule is CCCCCCCCCCCCCCCCOC(=O)C(NC(=O)c1ccc(F)c(F)c1)C(C)C. The lowest BCUT2D eigenvalue weighted by molar-refractivity contribution is -0.147. The van der Waals surface area contributed by atoms with Gasteiger partial charge in [0.25, 0.3) is 5.91 Å². The summed E-state index contributed by atoms with van der Waals surface area (Å²) in [5.74, 6) is -3.46. The number of nitrogens with one attached hydrogen (secondary N) is 1. The number of ether oxygens (including phenoxy) is 1. The van der Waals surface area contributed by atoms with Gasteiger partial charge in [-0.05, 0) is 30.5 Å². The van der Waals surface area contributed by atoms with Crippen molar-refractivity contribution in [2.45, 2.75) is 117 Å². The quantitative estimate of drug-likeness (QED) is 0.162. The number of unbranched alkanes of at least 4 members (excludes halogenated alkanes) is 13. The van der Waals surface area contributed by atoms with Crippen LogP contribution in [0.1, 0.15) is 121 Å². The molecule has 1 rings (SSSR count). The Morgan fingerprint density at radius 1 is 0.794 bits per heavy atom. The fraction of sp³-hybridized carbons (Fsp3) is 0.714. The van der Waals surface area contributed by atoms with E-state index in [2.05, 4.69) is 12.2 Å². The van der Waals surface area contributed by atoms with Gasteiger partial charge in [0.05, 0.1) is 6.61 Å². The topological polar surface area (TPSA) is 55.4 Å². The maximum Gasteiger partial charge on any atom is 0.328 e. The van der Waals surface area contributed by atoms with Crippen LogP contribution in [0.2, 0.25) is 0 Å². The third-order valence-electron chi connectivity index (χ3n) is 6.13. The summed E-state index contributed by atoms with van der Waals surface area (Å²) in [7, 11) is 0. The standard InChI is InChI=1S/C28H45F2NO3/c1-4-5-6-7-8-9-10-11-12-13-14-15-16-17-20-34-28(33)26(22(2)3)31-27(32)23-18-19-24(29)25(30)21-23/h18-19,21-22,26H,4-17,20H2,1-3H3,(H,31,32). The molecule has 0 aliphatic carbocycles. The molecule has 0 spiro atoms. The van der Waals surface area contributed by atoms with E-state index in [1.165, 1.54) is 76.7 Å². The Bertz CT molecular complexity index is 709. The van der Waals surface area contributed by atoms with Gasteiger partial charge in [0, 0.05) is 5.56 Å². The number of carbonyl (C=O) groups excluding carboxylic acids is 2. The molecule has 4 nitrogen and oxygen atoms in total. The van der Waals surface area contributed by atoms with Gasteiger partial charge in [0.1, 0.15) is 6.04 Å². The largest absolute Gasteiger partial charge is 0.464 e. The molecule has 1 aromatic rings. The molecule has 1 aromatic carbocycles. The molecular formula is C28H45F2NO3. The second-order valence-electron chi connectivity index (χ2n) is 9.59. The Morgan fingerprint density at radius 3 is 1.76 bits per heavy atom. The van der Waals surface area contributed by atoms with Gasteiger partial charge in [-0.25, -0.2) is 13.6 Å². The summed E-state index contributed by atoms with van der Waals surface area (Å²) in [4.78, 5) is 24.8. The van der Waals surface area contributed by atoms with Crippen LogP contribution >= 0.6 is 0 Å². The molecule has 1 atom stereocenters. The van der Waals surface area contributed by atoms with Crippen molar-refractivity contribution in [3.05, 3.63) is 35.4 Å². The van der Waals surface area contributed by atoms with Crippen LogP contribution in [0.15, 0.2) is 18.2 Å². The zero-order valence-corrected chi connectivity index (χ0v) is 21.5. The van der Waals surface area contributed by atoms with Crippen molar-refractivity contribution in [1.82, 2.24) is 5.32 Å². The number of rotatable bonds is 19. The minimum absolute atomic E-state index is 0.0377. The normalized spacial score (nSPS) is 12.1. The fourth-order valence-electron chi connectivity index (χ4n) is 3.92. The molecule has 194 valence electrons. The summed E-state index contributed by atoms with van der Waals surface area (Å²) in [6.07, 6.45) is 17.6. The predicted molar refractivity (Wildman–Crippen MR) is 134 cm³/mol. The lowest BCUT2D eigenvalue weighted by Gasteiger charge is -2.21.